The number of ether oxygens (including phenoxy) is 1. The van der Waals surface area contributed by atoms with Gasteiger partial charge in [0.25, 0.3) is 0 Å². The molecule has 1 heterocycles. The van der Waals surface area contributed by atoms with Crippen molar-refractivity contribution in [2.75, 3.05) is 13.2 Å². The molecule has 1 atom stereocenters. The standard InChI is InChI=1S/C13H22N2O5/c1-4-20-10(16)9-7-5-6-8-15(9)12(19)14-13(2,3)11(17)18/h9H,4-8H2,1-3H3,(H,14,19)(H,17,18). The molecule has 0 bridgehead atoms. The van der Waals surface area contributed by atoms with Gasteiger partial charge in [0, 0.05) is 6.54 Å². The van der Waals surface area contributed by atoms with Crippen molar-refractivity contribution in [1.82, 2.24) is 10.2 Å². The Morgan fingerprint density at radius 2 is 2.00 bits per heavy atom. The number of nitrogens with zero attached hydrogens (tertiary/aromatic N) is 1. The lowest BCUT2D eigenvalue weighted by molar-refractivity contribution is -0.149. The van der Waals surface area contributed by atoms with Crippen molar-refractivity contribution in [3.05, 3.63) is 0 Å². The summed E-state index contributed by atoms with van der Waals surface area (Å²) in [4.78, 5) is 36.4. The second-order valence-electron chi connectivity index (χ2n) is 5.32. The predicted octanol–water partition coefficient (Wildman–Crippen LogP) is 0.977. The molecule has 7 nitrogen and oxygen atoms in total. The van der Waals surface area contributed by atoms with Gasteiger partial charge in [-0.3, -0.25) is 0 Å². The smallest absolute Gasteiger partial charge is 0.328 e. The van der Waals surface area contributed by atoms with E-state index in [4.69, 9.17) is 9.84 Å². The SMILES string of the molecule is CCOC(=O)C1CCCCN1C(=O)NC(C)(C)C(=O)O. The summed E-state index contributed by atoms with van der Waals surface area (Å²) in [5, 5.41) is 11.5. The Hall–Kier alpha value is -1.79. The molecule has 0 aromatic heterocycles. The molecule has 2 amide bonds. The first-order valence-corrected chi connectivity index (χ1v) is 6.78. The van der Waals surface area contributed by atoms with Gasteiger partial charge in [0.05, 0.1) is 6.61 Å². The van der Waals surface area contributed by atoms with E-state index >= 15 is 0 Å². The molecule has 1 aliphatic rings. The molecule has 114 valence electrons. The number of likely N-dealkylation sites (tertiary alicyclic amines) is 1. The van der Waals surface area contributed by atoms with Crippen LogP contribution in [0.5, 0.6) is 0 Å². The van der Waals surface area contributed by atoms with Crippen LogP contribution in [0, 0.1) is 0 Å². The number of amides is 2. The topological polar surface area (TPSA) is 95.9 Å². The van der Waals surface area contributed by atoms with Crippen LogP contribution in [0.3, 0.4) is 0 Å². The van der Waals surface area contributed by atoms with Gasteiger partial charge < -0.3 is 20.1 Å². The van der Waals surface area contributed by atoms with E-state index in [9.17, 15) is 14.4 Å². The van der Waals surface area contributed by atoms with Crippen molar-refractivity contribution in [3.8, 4) is 0 Å². The molecule has 0 radical (unpaired) electrons. The molecule has 1 unspecified atom stereocenters. The second kappa shape index (κ2) is 6.58. The zero-order valence-corrected chi connectivity index (χ0v) is 12.1. The highest BCUT2D eigenvalue weighted by Gasteiger charge is 2.37. The monoisotopic (exact) mass is 286 g/mol. The number of piperidine rings is 1. The van der Waals surface area contributed by atoms with Crippen LogP contribution in [0.15, 0.2) is 0 Å². The van der Waals surface area contributed by atoms with E-state index in [0.29, 0.717) is 13.0 Å². The molecule has 0 aliphatic carbocycles. The van der Waals surface area contributed by atoms with Crippen LogP contribution in [0.1, 0.15) is 40.0 Å². The fourth-order valence-electron chi connectivity index (χ4n) is 2.05. The highest BCUT2D eigenvalue weighted by molar-refractivity contribution is 5.88. The van der Waals surface area contributed by atoms with Crippen LogP contribution in [-0.4, -0.2) is 52.7 Å². The fourth-order valence-corrected chi connectivity index (χ4v) is 2.05. The van der Waals surface area contributed by atoms with Crippen molar-refractivity contribution < 1.29 is 24.2 Å². The van der Waals surface area contributed by atoms with E-state index in [1.54, 1.807) is 6.92 Å². The molecule has 0 saturated carbocycles. The third kappa shape index (κ3) is 3.85. The molecular weight excluding hydrogens is 264 g/mol. The van der Waals surface area contributed by atoms with E-state index in [1.165, 1.54) is 18.7 Å². The third-order valence-electron chi connectivity index (χ3n) is 3.28. The summed E-state index contributed by atoms with van der Waals surface area (Å²) >= 11 is 0. The van der Waals surface area contributed by atoms with Crippen LogP contribution in [-0.2, 0) is 14.3 Å². The molecule has 7 heteroatoms. The molecule has 1 rings (SSSR count). The van der Waals surface area contributed by atoms with E-state index in [0.717, 1.165) is 12.8 Å². The third-order valence-corrected chi connectivity index (χ3v) is 3.28. The van der Waals surface area contributed by atoms with Gasteiger partial charge in [0.15, 0.2) is 0 Å². The molecule has 1 saturated heterocycles. The first-order chi connectivity index (χ1) is 9.29. The Bertz CT molecular complexity index is 394. The number of hydrogen-bond donors (Lipinski definition) is 2. The molecule has 1 aliphatic heterocycles. The van der Waals surface area contributed by atoms with Crippen molar-refractivity contribution in [2.24, 2.45) is 0 Å². The number of aliphatic carboxylic acids is 1. The number of carbonyl (C=O) groups is 3. The molecule has 0 aromatic carbocycles. The fraction of sp³-hybridized carbons (Fsp3) is 0.769. The summed E-state index contributed by atoms with van der Waals surface area (Å²) in [7, 11) is 0. The molecule has 20 heavy (non-hydrogen) atoms. The van der Waals surface area contributed by atoms with E-state index in [1.807, 2.05) is 0 Å². The zero-order valence-electron chi connectivity index (χ0n) is 12.1. The first-order valence-electron chi connectivity index (χ1n) is 6.78. The maximum absolute atomic E-state index is 12.2. The largest absolute Gasteiger partial charge is 0.480 e. The van der Waals surface area contributed by atoms with Crippen molar-refractivity contribution in [1.29, 1.82) is 0 Å². The Morgan fingerprint density at radius 1 is 1.35 bits per heavy atom. The number of carboxylic acid groups (broad SMARTS) is 1. The van der Waals surface area contributed by atoms with Gasteiger partial charge in [-0.15, -0.1) is 0 Å². The van der Waals surface area contributed by atoms with E-state index in [-0.39, 0.29) is 6.61 Å². The zero-order chi connectivity index (χ0) is 15.3. The predicted molar refractivity (Wildman–Crippen MR) is 71.2 cm³/mol. The average molecular weight is 286 g/mol. The maximum Gasteiger partial charge on any atom is 0.328 e. The summed E-state index contributed by atoms with van der Waals surface area (Å²) < 4.78 is 4.96. The van der Waals surface area contributed by atoms with Crippen molar-refractivity contribution >= 4 is 18.0 Å². The van der Waals surface area contributed by atoms with Gasteiger partial charge in [-0.1, -0.05) is 0 Å². The van der Waals surface area contributed by atoms with E-state index < -0.39 is 29.6 Å². The van der Waals surface area contributed by atoms with Crippen LogP contribution in [0.2, 0.25) is 0 Å². The van der Waals surface area contributed by atoms with Crippen LogP contribution < -0.4 is 5.32 Å². The Labute approximate surface area is 118 Å². The first kappa shape index (κ1) is 16.3. The Morgan fingerprint density at radius 3 is 2.55 bits per heavy atom. The van der Waals surface area contributed by atoms with Gasteiger partial charge >= 0.3 is 18.0 Å². The lowest BCUT2D eigenvalue weighted by atomic mass is 10.0. The van der Waals surface area contributed by atoms with Gasteiger partial charge in [-0.05, 0) is 40.0 Å². The van der Waals surface area contributed by atoms with Gasteiger partial charge in [-0.25, -0.2) is 14.4 Å². The molecule has 0 spiro atoms. The molecular formula is C13H22N2O5. The van der Waals surface area contributed by atoms with Gasteiger partial charge in [-0.2, -0.15) is 0 Å². The number of rotatable bonds is 4. The number of nitrogens with one attached hydrogen (secondary N) is 1. The van der Waals surface area contributed by atoms with Gasteiger partial charge in [0.2, 0.25) is 0 Å². The number of urea groups is 1. The minimum absolute atomic E-state index is 0.255. The molecule has 0 aromatic rings. The van der Waals surface area contributed by atoms with Gasteiger partial charge in [0.1, 0.15) is 11.6 Å². The molecule has 1 fully saturated rings. The maximum atomic E-state index is 12.2. The number of hydrogen-bond acceptors (Lipinski definition) is 4. The summed E-state index contributed by atoms with van der Waals surface area (Å²) in [6, 6.07) is -1.18. The normalized spacial score (nSPS) is 19.4. The second-order valence-corrected chi connectivity index (χ2v) is 5.32. The van der Waals surface area contributed by atoms with Crippen molar-refractivity contribution in [3.63, 3.8) is 0 Å². The number of carboxylic acids is 1. The summed E-state index contributed by atoms with van der Waals surface area (Å²) in [6.45, 7) is 5.18. The van der Waals surface area contributed by atoms with Crippen molar-refractivity contribution in [2.45, 2.75) is 51.6 Å². The highest BCUT2D eigenvalue weighted by Crippen LogP contribution is 2.19. The van der Waals surface area contributed by atoms with Crippen LogP contribution >= 0.6 is 0 Å². The van der Waals surface area contributed by atoms with Crippen LogP contribution in [0.4, 0.5) is 4.79 Å². The summed E-state index contributed by atoms with van der Waals surface area (Å²) in [5.41, 5.74) is -1.38. The summed E-state index contributed by atoms with van der Waals surface area (Å²) in [5.74, 6) is -1.56. The lowest BCUT2D eigenvalue weighted by Crippen LogP contribution is -2.58. The number of carbonyl (C=O) groups excluding carboxylic acids is 2. The number of esters is 1. The Kier molecular flexibility index (Phi) is 5.35. The van der Waals surface area contributed by atoms with Crippen LogP contribution in [0.25, 0.3) is 0 Å². The minimum atomic E-state index is -1.38. The average Bonchev–Trinajstić information content (AvgIpc) is 2.38. The quantitative estimate of drug-likeness (QED) is 0.751. The lowest BCUT2D eigenvalue weighted by Gasteiger charge is -2.35. The molecule has 2 N–H and O–H groups in total. The highest BCUT2D eigenvalue weighted by atomic mass is 16.5. The Balaban J connectivity index is 2.77. The van der Waals surface area contributed by atoms with E-state index in [2.05, 4.69) is 5.32 Å². The summed E-state index contributed by atoms with van der Waals surface area (Å²) in [6.07, 6.45) is 2.17. The minimum Gasteiger partial charge on any atom is -0.480 e.